The fourth-order valence-corrected chi connectivity index (χ4v) is 2.92. The Morgan fingerprint density at radius 1 is 1.45 bits per heavy atom. The number of nitrogens with zero attached hydrogens (tertiary/aromatic N) is 5. The molecule has 0 spiro atoms. The Labute approximate surface area is 128 Å². The number of carbonyl (C=O) groups is 1. The van der Waals surface area contributed by atoms with Crippen LogP contribution in [-0.4, -0.2) is 50.8 Å². The van der Waals surface area contributed by atoms with Gasteiger partial charge in [-0.25, -0.2) is 4.98 Å². The zero-order chi connectivity index (χ0) is 15.5. The highest BCUT2D eigenvalue weighted by Crippen LogP contribution is 2.27. The molecule has 0 aliphatic carbocycles. The molecule has 7 heteroatoms. The second kappa shape index (κ2) is 6.13. The molecule has 2 aromatic heterocycles. The van der Waals surface area contributed by atoms with Gasteiger partial charge in [0.25, 0.3) is 5.91 Å². The summed E-state index contributed by atoms with van der Waals surface area (Å²) < 4.78 is 7.11. The van der Waals surface area contributed by atoms with E-state index in [-0.39, 0.29) is 11.8 Å². The molecule has 1 aliphatic rings. The highest BCUT2D eigenvalue weighted by atomic mass is 16.5. The van der Waals surface area contributed by atoms with Gasteiger partial charge in [0.05, 0.1) is 7.11 Å². The van der Waals surface area contributed by atoms with Crippen LogP contribution in [0.5, 0.6) is 5.88 Å². The summed E-state index contributed by atoms with van der Waals surface area (Å²) in [5.74, 6) is 1.47. The van der Waals surface area contributed by atoms with Crippen LogP contribution in [0.2, 0.25) is 0 Å². The van der Waals surface area contributed by atoms with Crippen LogP contribution in [0.1, 0.15) is 34.9 Å². The lowest BCUT2D eigenvalue weighted by molar-refractivity contribution is 0.0699. The highest BCUT2D eigenvalue weighted by Gasteiger charge is 2.29. The summed E-state index contributed by atoms with van der Waals surface area (Å²) in [6.07, 6.45) is 5.28. The zero-order valence-electron chi connectivity index (χ0n) is 12.8. The van der Waals surface area contributed by atoms with Crippen LogP contribution >= 0.6 is 0 Å². The van der Waals surface area contributed by atoms with Gasteiger partial charge in [-0.2, -0.15) is 0 Å². The summed E-state index contributed by atoms with van der Waals surface area (Å²) in [7, 11) is 3.46. The average Bonchev–Trinajstić information content (AvgIpc) is 3.00. The van der Waals surface area contributed by atoms with E-state index in [0.29, 0.717) is 18.0 Å². The number of aryl methyl sites for hydroxylation is 1. The normalized spacial score (nSPS) is 18.3. The second-order valence-corrected chi connectivity index (χ2v) is 5.45. The van der Waals surface area contributed by atoms with Crippen molar-refractivity contribution in [3.63, 3.8) is 0 Å². The Kier molecular flexibility index (Phi) is 4.04. The van der Waals surface area contributed by atoms with E-state index in [9.17, 15) is 4.79 Å². The summed E-state index contributed by atoms with van der Waals surface area (Å²) in [5, 5.41) is 8.11. The van der Waals surface area contributed by atoms with Gasteiger partial charge >= 0.3 is 0 Å². The number of ether oxygens (including phenoxy) is 1. The van der Waals surface area contributed by atoms with Crippen LogP contribution in [-0.2, 0) is 7.05 Å². The molecule has 0 radical (unpaired) electrons. The lowest BCUT2D eigenvalue weighted by atomic mass is 9.96. The van der Waals surface area contributed by atoms with E-state index >= 15 is 0 Å². The number of hydrogen-bond acceptors (Lipinski definition) is 5. The summed E-state index contributed by atoms with van der Waals surface area (Å²) >= 11 is 0. The smallest absolute Gasteiger partial charge is 0.259 e. The number of piperidine rings is 1. The molecule has 0 N–H and O–H groups in total. The molecule has 0 saturated carbocycles. The minimum Gasteiger partial charge on any atom is -0.480 e. The van der Waals surface area contributed by atoms with Gasteiger partial charge in [0.15, 0.2) is 0 Å². The highest BCUT2D eigenvalue weighted by molar-refractivity contribution is 5.96. The maximum Gasteiger partial charge on any atom is 0.259 e. The first kappa shape index (κ1) is 14.5. The van der Waals surface area contributed by atoms with Gasteiger partial charge in [0.1, 0.15) is 17.7 Å². The lowest BCUT2D eigenvalue weighted by Gasteiger charge is -2.32. The number of aromatic nitrogens is 4. The SMILES string of the molecule is COc1ncccc1C(=O)N1CCC[C@@H](c2nncn2C)C1. The largest absolute Gasteiger partial charge is 0.480 e. The van der Waals surface area contributed by atoms with Crippen molar-refractivity contribution in [1.82, 2.24) is 24.6 Å². The maximum absolute atomic E-state index is 12.7. The molecule has 1 atom stereocenters. The average molecular weight is 301 g/mol. The Morgan fingerprint density at radius 2 is 2.32 bits per heavy atom. The number of rotatable bonds is 3. The molecular weight excluding hydrogens is 282 g/mol. The van der Waals surface area contributed by atoms with Gasteiger partial charge in [0.2, 0.25) is 5.88 Å². The van der Waals surface area contributed by atoms with Crippen LogP contribution in [0.25, 0.3) is 0 Å². The summed E-state index contributed by atoms with van der Waals surface area (Å²) in [5.41, 5.74) is 0.503. The first-order chi connectivity index (χ1) is 10.7. The topological polar surface area (TPSA) is 73.1 Å². The van der Waals surface area contributed by atoms with Crippen molar-refractivity contribution in [3.8, 4) is 5.88 Å². The Balaban J connectivity index is 1.80. The molecule has 0 unspecified atom stereocenters. The van der Waals surface area contributed by atoms with E-state index in [0.717, 1.165) is 25.2 Å². The van der Waals surface area contributed by atoms with Crippen LogP contribution < -0.4 is 4.74 Å². The first-order valence-corrected chi connectivity index (χ1v) is 7.33. The Morgan fingerprint density at radius 3 is 3.05 bits per heavy atom. The van der Waals surface area contributed by atoms with Crippen molar-refractivity contribution < 1.29 is 9.53 Å². The Bertz CT molecular complexity index is 669. The molecular formula is C15H19N5O2. The quantitative estimate of drug-likeness (QED) is 0.853. The molecule has 116 valence electrons. The van der Waals surface area contributed by atoms with E-state index in [1.54, 1.807) is 24.7 Å². The summed E-state index contributed by atoms with van der Waals surface area (Å²) in [6, 6.07) is 3.50. The van der Waals surface area contributed by atoms with Crippen LogP contribution in [0.3, 0.4) is 0 Å². The van der Waals surface area contributed by atoms with E-state index in [1.165, 1.54) is 7.11 Å². The fourth-order valence-electron chi connectivity index (χ4n) is 2.92. The van der Waals surface area contributed by atoms with Crippen molar-refractivity contribution in [2.24, 2.45) is 7.05 Å². The van der Waals surface area contributed by atoms with Crippen molar-refractivity contribution in [2.75, 3.05) is 20.2 Å². The molecule has 7 nitrogen and oxygen atoms in total. The third-order valence-corrected chi connectivity index (χ3v) is 4.02. The number of amides is 1. The molecule has 2 aromatic rings. The fraction of sp³-hybridized carbons (Fsp3) is 0.467. The van der Waals surface area contributed by atoms with E-state index in [1.807, 2.05) is 16.5 Å². The first-order valence-electron chi connectivity index (χ1n) is 7.33. The third kappa shape index (κ3) is 2.66. The van der Waals surface area contributed by atoms with Gasteiger partial charge in [-0.3, -0.25) is 4.79 Å². The van der Waals surface area contributed by atoms with Crippen molar-refractivity contribution >= 4 is 5.91 Å². The monoisotopic (exact) mass is 301 g/mol. The van der Waals surface area contributed by atoms with Gasteiger partial charge < -0.3 is 14.2 Å². The standard InChI is InChI=1S/C15H19N5O2/c1-19-10-17-18-13(19)11-5-4-8-20(9-11)15(21)12-6-3-7-16-14(12)22-2/h3,6-7,10-11H,4-5,8-9H2,1-2H3/t11-/m1/s1. The minimum atomic E-state index is -0.0446. The van der Waals surface area contributed by atoms with Gasteiger partial charge in [-0.15, -0.1) is 10.2 Å². The molecule has 0 aromatic carbocycles. The molecule has 1 amide bonds. The summed E-state index contributed by atoms with van der Waals surface area (Å²) in [6.45, 7) is 1.38. The molecule has 22 heavy (non-hydrogen) atoms. The van der Waals surface area contributed by atoms with Gasteiger partial charge in [-0.1, -0.05) is 0 Å². The van der Waals surface area contributed by atoms with E-state index in [4.69, 9.17) is 4.74 Å². The second-order valence-electron chi connectivity index (χ2n) is 5.45. The molecule has 3 rings (SSSR count). The number of likely N-dealkylation sites (tertiary alicyclic amines) is 1. The van der Waals surface area contributed by atoms with Crippen molar-refractivity contribution in [3.05, 3.63) is 36.0 Å². The Hall–Kier alpha value is -2.44. The van der Waals surface area contributed by atoms with Crippen molar-refractivity contribution in [2.45, 2.75) is 18.8 Å². The summed E-state index contributed by atoms with van der Waals surface area (Å²) in [4.78, 5) is 18.7. The molecule has 0 bridgehead atoms. The third-order valence-electron chi connectivity index (χ3n) is 4.02. The van der Waals surface area contributed by atoms with Crippen molar-refractivity contribution in [1.29, 1.82) is 0 Å². The predicted octanol–water partition coefficient (Wildman–Crippen LogP) is 1.24. The number of pyridine rings is 1. The molecule has 1 fully saturated rings. The van der Waals surface area contributed by atoms with Crippen LogP contribution in [0.15, 0.2) is 24.7 Å². The van der Waals surface area contributed by atoms with E-state index in [2.05, 4.69) is 15.2 Å². The molecule has 1 aliphatic heterocycles. The lowest BCUT2D eigenvalue weighted by Crippen LogP contribution is -2.39. The predicted molar refractivity (Wildman–Crippen MR) is 79.7 cm³/mol. The molecule has 3 heterocycles. The minimum absolute atomic E-state index is 0.0446. The van der Waals surface area contributed by atoms with Crippen LogP contribution in [0, 0.1) is 0 Å². The van der Waals surface area contributed by atoms with Crippen LogP contribution in [0.4, 0.5) is 0 Å². The zero-order valence-corrected chi connectivity index (χ0v) is 12.8. The number of hydrogen-bond donors (Lipinski definition) is 0. The number of methoxy groups -OCH3 is 1. The number of carbonyl (C=O) groups excluding carboxylic acids is 1. The van der Waals surface area contributed by atoms with Gasteiger partial charge in [0, 0.05) is 32.3 Å². The molecule has 1 saturated heterocycles. The van der Waals surface area contributed by atoms with Gasteiger partial charge in [-0.05, 0) is 25.0 Å². The van der Waals surface area contributed by atoms with E-state index < -0.39 is 0 Å². The maximum atomic E-state index is 12.7.